The molecule has 2 aromatic rings. The number of aryl methyl sites for hydroxylation is 1. The molecule has 0 aliphatic heterocycles. The van der Waals surface area contributed by atoms with Gasteiger partial charge in [-0.1, -0.05) is 18.2 Å². The molecule has 0 saturated carbocycles. The minimum Gasteiger partial charge on any atom is -0.467 e. The number of aromatic nitrogens is 1. The maximum atomic E-state index is 12.7. The van der Waals surface area contributed by atoms with Crippen LogP contribution in [0.1, 0.15) is 16.8 Å². The van der Waals surface area contributed by atoms with Crippen molar-refractivity contribution in [2.24, 2.45) is 7.05 Å². The highest BCUT2D eigenvalue weighted by molar-refractivity contribution is 7.98. The fourth-order valence-electron chi connectivity index (χ4n) is 2.46. The SMILES string of the molecule is COC(=O)C(CCSC)NC(=O)c1cn(C)c(=O)c2ccccc12. The quantitative estimate of drug-likeness (QED) is 0.802. The summed E-state index contributed by atoms with van der Waals surface area (Å²) in [6, 6.07) is 6.21. The molecule has 1 aromatic carbocycles. The number of carbonyl (C=O) groups excluding carboxylic acids is 2. The van der Waals surface area contributed by atoms with Gasteiger partial charge in [0.15, 0.2) is 0 Å². The second-order valence-corrected chi connectivity index (χ2v) is 6.32. The number of nitrogens with one attached hydrogen (secondary N) is 1. The number of pyridine rings is 1. The van der Waals surface area contributed by atoms with Gasteiger partial charge in [-0.25, -0.2) is 4.79 Å². The Morgan fingerprint density at radius 3 is 2.58 bits per heavy atom. The molecule has 6 nitrogen and oxygen atoms in total. The number of benzene rings is 1. The fourth-order valence-corrected chi connectivity index (χ4v) is 2.93. The predicted octanol–water partition coefficient (Wildman–Crippen LogP) is 1.56. The average molecular weight is 348 g/mol. The van der Waals surface area contributed by atoms with Crippen molar-refractivity contribution in [3.63, 3.8) is 0 Å². The Morgan fingerprint density at radius 1 is 1.29 bits per heavy atom. The molecule has 1 unspecified atom stereocenters. The van der Waals surface area contributed by atoms with E-state index < -0.39 is 17.9 Å². The maximum Gasteiger partial charge on any atom is 0.328 e. The first-order chi connectivity index (χ1) is 11.5. The molecule has 1 atom stereocenters. The van der Waals surface area contributed by atoms with Crippen LogP contribution in [0.2, 0.25) is 0 Å². The summed E-state index contributed by atoms with van der Waals surface area (Å²) in [7, 11) is 2.89. The molecule has 128 valence electrons. The van der Waals surface area contributed by atoms with Gasteiger partial charge in [0.05, 0.1) is 12.7 Å². The van der Waals surface area contributed by atoms with Crippen LogP contribution in [0.4, 0.5) is 0 Å². The molecule has 0 fully saturated rings. The maximum absolute atomic E-state index is 12.7. The van der Waals surface area contributed by atoms with Crippen LogP contribution in [0.25, 0.3) is 10.8 Å². The molecule has 24 heavy (non-hydrogen) atoms. The lowest BCUT2D eigenvalue weighted by molar-refractivity contribution is -0.142. The van der Waals surface area contributed by atoms with Gasteiger partial charge in [0.2, 0.25) is 0 Å². The zero-order valence-electron chi connectivity index (χ0n) is 13.9. The van der Waals surface area contributed by atoms with Crippen LogP contribution in [0.5, 0.6) is 0 Å². The third-order valence-electron chi connectivity index (χ3n) is 3.74. The fraction of sp³-hybridized carbons (Fsp3) is 0.353. The topological polar surface area (TPSA) is 77.4 Å². The number of hydrogen-bond donors (Lipinski definition) is 1. The minimum atomic E-state index is -0.717. The Bertz CT molecular complexity index is 816. The van der Waals surface area contributed by atoms with E-state index in [1.165, 1.54) is 17.9 Å². The summed E-state index contributed by atoms with van der Waals surface area (Å²) < 4.78 is 6.13. The van der Waals surface area contributed by atoms with Crippen molar-refractivity contribution in [1.29, 1.82) is 0 Å². The Morgan fingerprint density at radius 2 is 1.96 bits per heavy atom. The number of rotatable bonds is 6. The van der Waals surface area contributed by atoms with Crippen LogP contribution in [0.15, 0.2) is 35.3 Å². The number of carbonyl (C=O) groups is 2. The molecular formula is C17H20N2O4S. The second-order valence-electron chi connectivity index (χ2n) is 5.34. The number of ether oxygens (including phenoxy) is 1. The minimum absolute atomic E-state index is 0.172. The molecule has 1 N–H and O–H groups in total. The molecule has 1 amide bonds. The second kappa shape index (κ2) is 8.01. The monoisotopic (exact) mass is 348 g/mol. The highest BCUT2D eigenvalue weighted by atomic mass is 32.2. The number of methoxy groups -OCH3 is 1. The van der Waals surface area contributed by atoms with E-state index in [9.17, 15) is 14.4 Å². The Balaban J connectivity index is 2.38. The normalized spacial score (nSPS) is 12.0. The molecule has 0 aliphatic carbocycles. The highest BCUT2D eigenvalue weighted by Gasteiger charge is 2.23. The van der Waals surface area contributed by atoms with Crippen LogP contribution in [-0.2, 0) is 16.6 Å². The molecule has 7 heteroatoms. The van der Waals surface area contributed by atoms with E-state index in [1.54, 1.807) is 43.1 Å². The Kier molecular flexibility index (Phi) is 6.03. The summed E-state index contributed by atoms with van der Waals surface area (Å²) in [5, 5.41) is 3.74. The number of esters is 1. The molecule has 0 aliphatic rings. The van der Waals surface area contributed by atoms with Crippen LogP contribution in [0.3, 0.4) is 0 Å². The average Bonchev–Trinajstić information content (AvgIpc) is 2.60. The van der Waals surface area contributed by atoms with Gasteiger partial charge in [0.25, 0.3) is 11.5 Å². The van der Waals surface area contributed by atoms with Crippen LogP contribution < -0.4 is 10.9 Å². The summed E-state index contributed by atoms with van der Waals surface area (Å²) in [6.45, 7) is 0. The summed E-state index contributed by atoms with van der Waals surface area (Å²) in [5.74, 6) is -0.168. The van der Waals surface area contributed by atoms with E-state index in [0.717, 1.165) is 0 Å². The molecule has 2 rings (SSSR count). The van der Waals surface area contributed by atoms with E-state index >= 15 is 0 Å². The zero-order valence-corrected chi connectivity index (χ0v) is 14.7. The zero-order chi connectivity index (χ0) is 17.7. The Labute approximate surface area is 144 Å². The van der Waals surface area contributed by atoms with Gasteiger partial charge in [-0.05, 0) is 24.5 Å². The summed E-state index contributed by atoms with van der Waals surface area (Å²) in [4.78, 5) is 36.7. The molecule has 1 heterocycles. The molecule has 0 bridgehead atoms. The summed E-state index contributed by atoms with van der Waals surface area (Å²) >= 11 is 1.58. The largest absolute Gasteiger partial charge is 0.467 e. The lowest BCUT2D eigenvalue weighted by Gasteiger charge is -2.17. The van der Waals surface area contributed by atoms with Gasteiger partial charge in [0.1, 0.15) is 6.04 Å². The van der Waals surface area contributed by atoms with Gasteiger partial charge >= 0.3 is 5.97 Å². The first-order valence-electron chi connectivity index (χ1n) is 7.45. The van der Waals surface area contributed by atoms with E-state index in [0.29, 0.717) is 28.5 Å². The van der Waals surface area contributed by atoms with Gasteiger partial charge in [-0.15, -0.1) is 0 Å². The van der Waals surface area contributed by atoms with Crippen molar-refractivity contribution in [1.82, 2.24) is 9.88 Å². The molecule has 0 radical (unpaired) electrons. The van der Waals surface area contributed by atoms with Gasteiger partial charge in [-0.3, -0.25) is 9.59 Å². The van der Waals surface area contributed by atoms with Gasteiger partial charge in [0, 0.05) is 24.0 Å². The van der Waals surface area contributed by atoms with E-state index in [4.69, 9.17) is 4.74 Å². The summed E-state index contributed by atoms with van der Waals surface area (Å²) in [5.41, 5.74) is 0.180. The smallest absolute Gasteiger partial charge is 0.328 e. The van der Waals surface area contributed by atoms with Crippen molar-refractivity contribution in [3.8, 4) is 0 Å². The number of amides is 1. The van der Waals surface area contributed by atoms with Crippen LogP contribution in [0, 0.1) is 0 Å². The first kappa shape index (κ1) is 18.1. The summed E-state index contributed by atoms with van der Waals surface area (Å²) in [6.07, 6.45) is 3.89. The van der Waals surface area contributed by atoms with Gasteiger partial charge < -0.3 is 14.6 Å². The van der Waals surface area contributed by atoms with Crippen molar-refractivity contribution in [3.05, 3.63) is 46.4 Å². The standard InChI is InChI=1S/C17H20N2O4S/c1-19-10-13(11-6-4-5-7-12(11)16(19)21)15(20)18-14(8-9-24-3)17(22)23-2/h4-7,10,14H,8-9H2,1-3H3,(H,18,20). The van der Waals surface area contributed by atoms with Crippen LogP contribution >= 0.6 is 11.8 Å². The Hall–Kier alpha value is -2.28. The van der Waals surface area contributed by atoms with Gasteiger partial charge in [-0.2, -0.15) is 11.8 Å². The number of fused-ring (bicyclic) bond motifs is 1. The highest BCUT2D eigenvalue weighted by Crippen LogP contribution is 2.15. The van der Waals surface area contributed by atoms with E-state index in [2.05, 4.69) is 5.32 Å². The molecule has 0 spiro atoms. The van der Waals surface area contributed by atoms with Crippen molar-refractivity contribution in [2.45, 2.75) is 12.5 Å². The van der Waals surface area contributed by atoms with Crippen molar-refractivity contribution < 1.29 is 14.3 Å². The molecule has 1 aromatic heterocycles. The van der Waals surface area contributed by atoms with E-state index in [1.807, 2.05) is 6.26 Å². The van der Waals surface area contributed by atoms with E-state index in [-0.39, 0.29) is 5.56 Å². The third kappa shape index (κ3) is 3.79. The van der Waals surface area contributed by atoms with Crippen molar-refractivity contribution >= 4 is 34.4 Å². The molecule has 0 saturated heterocycles. The lowest BCUT2D eigenvalue weighted by atomic mass is 10.1. The lowest BCUT2D eigenvalue weighted by Crippen LogP contribution is -2.42. The van der Waals surface area contributed by atoms with Crippen LogP contribution in [-0.4, -0.2) is 41.6 Å². The van der Waals surface area contributed by atoms with Crippen molar-refractivity contribution in [2.75, 3.05) is 19.1 Å². The number of thioether (sulfide) groups is 1. The molecular weight excluding hydrogens is 328 g/mol. The third-order valence-corrected chi connectivity index (χ3v) is 4.38. The predicted molar refractivity (Wildman–Crippen MR) is 95.5 cm³/mol. The number of hydrogen-bond acceptors (Lipinski definition) is 5. The first-order valence-corrected chi connectivity index (χ1v) is 8.85. The number of nitrogens with zero attached hydrogens (tertiary/aromatic N) is 1.